The zero-order valence-corrected chi connectivity index (χ0v) is 11.8. The number of aromatic hydroxyl groups is 1. The number of hydrogen-bond donors (Lipinski definition) is 1. The molecule has 6 heteroatoms. The largest absolute Gasteiger partial charge is 0.504 e. The number of phenols is 1. The van der Waals surface area contributed by atoms with E-state index in [-0.39, 0.29) is 22.6 Å². The lowest BCUT2D eigenvalue weighted by Gasteiger charge is -2.12. The molecule has 0 aliphatic heterocycles. The van der Waals surface area contributed by atoms with E-state index < -0.39 is 11.9 Å². The number of benzene rings is 2. The van der Waals surface area contributed by atoms with Gasteiger partial charge in [-0.3, -0.25) is 0 Å². The van der Waals surface area contributed by atoms with Gasteiger partial charge in [-0.1, -0.05) is 6.07 Å². The molecule has 6 nitrogen and oxygen atoms in total. The van der Waals surface area contributed by atoms with Crippen molar-refractivity contribution in [3.05, 3.63) is 35.4 Å². The monoisotopic (exact) mass is 290 g/mol. The number of carbonyl (C=O) groups is 2. The van der Waals surface area contributed by atoms with Crippen molar-refractivity contribution in [2.75, 3.05) is 21.3 Å². The van der Waals surface area contributed by atoms with Crippen molar-refractivity contribution >= 4 is 22.7 Å². The number of methoxy groups -OCH3 is 3. The van der Waals surface area contributed by atoms with Crippen LogP contribution in [0, 0.1) is 0 Å². The average molecular weight is 290 g/mol. The molecule has 0 saturated carbocycles. The summed E-state index contributed by atoms with van der Waals surface area (Å²) in [6.45, 7) is 0. The number of ether oxygens (including phenoxy) is 3. The maximum Gasteiger partial charge on any atom is 0.339 e. The highest BCUT2D eigenvalue weighted by Gasteiger charge is 2.22. The minimum Gasteiger partial charge on any atom is -0.504 e. The summed E-state index contributed by atoms with van der Waals surface area (Å²) >= 11 is 0. The lowest BCUT2D eigenvalue weighted by molar-refractivity contribution is 0.0557. The van der Waals surface area contributed by atoms with Crippen LogP contribution in [0.15, 0.2) is 24.3 Å². The highest BCUT2D eigenvalue weighted by atomic mass is 16.5. The summed E-state index contributed by atoms with van der Waals surface area (Å²) in [5, 5.41) is 10.8. The molecule has 0 radical (unpaired) electrons. The molecule has 21 heavy (non-hydrogen) atoms. The molecule has 0 atom stereocenters. The van der Waals surface area contributed by atoms with Crippen molar-refractivity contribution in [1.29, 1.82) is 0 Å². The molecule has 0 saturated heterocycles. The van der Waals surface area contributed by atoms with E-state index in [1.165, 1.54) is 39.5 Å². The van der Waals surface area contributed by atoms with Crippen LogP contribution in [0.25, 0.3) is 10.8 Å². The lowest BCUT2D eigenvalue weighted by Crippen LogP contribution is -2.12. The number of rotatable bonds is 3. The van der Waals surface area contributed by atoms with E-state index in [1.54, 1.807) is 6.07 Å². The molecular weight excluding hydrogens is 276 g/mol. The molecule has 0 unspecified atom stereocenters. The first kappa shape index (κ1) is 14.6. The number of carbonyl (C=O) groups excluding carboxylic acids is 2. The topological polar surface area (TPSA) is 82.1 Å². The van der Waals surface area contributed by atoms with Crippen LogP contribution in [0.5, 0.6) is 11.5 Å². The van der Waals surface area contributed by atoms with Crippen LogP contribution in [-0.2, 0) is 9.47 Å². The Bertz CT molecular complexity index is 720. The van der Waals surface area contributed by atoms with Gasteiger partial charge in [0.2, 0.25) is 0 Å². The second-order valence-electron chi connectivity index (χ2n) is 4.22. The van der Waals surface area contributed by atoms with Gasteiger partial charge >= 0.3 is 11.9 Å². The van der Waals surface area contributed by atoms with Crippen LogP contribution in [0.4, 0.5) is 0 Å². The third-order valence-electron chi connectivity index (χ3n) is 3.11. The van der Waals surface area contributed by atoms with Gasteiger partial charge in [0, 0.05) is 5.39 Å². The first-order valence-electron chi connectivity index (χ1n) is 6.03. The predicted molar refractivity (Wildman–Crippen MR) is 74.8 cm³/mol. The maximum atomic E-state index is 12.0. The van der Waals surface area contributed by atoms with Gasteiger partial charge in [0.05, 0.1) is 32.5 Å². The maximum absolute atomic E-state index is 12.0. The van der Waals surface area contributed by atoms with Crippen LogP contribution in [0.2, 0.25) is 0 Å². The van der Waals surface area contributed by atoms with Crippen molar-refractivity contribution < 1.29 is 28.9 Å². The summed E-state index contributed by atoms with van der Waals surface area (Å²) in [4.78, 5) is 23.8. The number of esters is 2. The summed E-state index contributed by atoms with van der Waals surface area (Å²) in [7, 11) is 3.84. The Kier molecular flexibility index (Phi) is 3.98. The zero-order chi connectivity index (χ0) is 15.6. The van der Waals surface area contributed by atoms with Crippen molar-refractivity contribution in [3.8, 4) is 11.5 Å². The molecular formula is C15H14O6. The third-order valence-corrected chi connectivity index (χ3v) is 3.11. The molecule has 110 valence electrons. The summed E-state index contributed by atoms with van der Waals surface area (Å²) in [5.74, 6) is -1.20. The van der Waals surface area contributed by atoms with Crippen molar-refractivity contribution in [2.45, 2.75) is 0 Å². The highest BCUT2D eigenvalue weighted by molar-refractivity contribution is 6.13. The number of phenolic OH excluding ortho intramolecular Hbond substituents is 1. The van der Waals surface area contributed by atoms with Crippen molar-refractivity contribution in [3.63, 3.8) is 0 Å². The summed E-state index contributed by atoms with van der Waals surface area (Å²) in [6.07, 6.45) is 0. The first-order valence-corrected chi connectivity index (χ1v) is 6.03. The summed E-state index contributed by atoms with van der Waals surface area (Å²) < 4.78 is 14.4. The lowest BCUT2D eigenvalue weighted by atomic mass is 9.98. The van der Waals surface area contributed by atoms with Gasteiger partial charge in [0.25, 0.3) is 0 Å². The molecule has 0 amide bonds. The average Bonchev–Trinajstić information content (AvgIpc) is 2.51. The SMILES string of the molecule is COC(=O)c1ccc2cc(O)c(OC)cc2c1C(=O)OC. The summed E-state index contributed by atoms with van der Waals surface area (Å²) in [6, 6.07) is 5.98. The van der Waals surface area contributed by atoms with Crippen LogP contribution in [-0.4, -0.2) is 38.4 Å². The molecule has 0 heterocycles. The Labute approximate surface area is 120 Å². The molecule has 2 aromatic rings. The fraction of sp³-hybridized carbons (Fsp3) is 0.200. The third kappa shape index (κ3) is 2.47. The Morgan fingerprint density at radius 3 is 2.24 bits per heavy atom. The molecule has 0 bridgehead atoms. The van der Waals surface area contributed by atoms with Crippen molar-refractivity contribution in [2.24, 2.45) is 0 Å². The second kappa shape index (κ2) is 5.70. The summed E-state index contributed by atoms with van der Waals surface area (Å²) in [5.41, 5.74) is 0.157. The molecule has 0 aliphatic carbocycles. The van der Waals surface area contributed by atoms with E-state index in [0.29, 0.717) is 10.8 Å². The number of hydrogen-bond acceptors (Lipinski definition) is 6. The minimum atomic E-state index is -0.672. The van der Waals surface area contributed by atoms with E-state index in [1.807, 2.05) is 0 Å². The van der Waals surface area contributed by atoms with E-state index in [0.717, 1.165) is 0 Å². The normalized spacial score (nSPS) is 10.2. The Morgan fingerprint density at radius 2 is 1.67 bits per heavy atom. The van der Waals surface area contributed by atoms with Gasteiger partial charge < -0.3 is 19.3 Å². The van der Waals surface area contributed by atoms with E-state index in [9.17, 15) is 14.7 Å². The van der Waals surface area contributed by atoms with Gasteiger partial charge in [0.15, 0.2) is 11.5 Å². The zero-order valence-electron chi connectivity index (χ0n) is 11.8. The molecule has 1 N–H and O–H groups in total. The van der Waals surface area contributed by atoms with E-state index >= 15 is 0 Å². The van der Waals surface area contributed by atoms with Gasteiger partial charge in [0.1, 0.15) is 0 Å². The molecule has 2 rings (SSSR count). The van der Waals surface area contributed by atoms with Crippen molar-refractivity contribution in [1.82, 2.24) is 0 Å². The van der Waals surface area contributed by atoms with Gasteiger partial charge in [-0.25, -0.2) is 9.59 Å². The van der Waals surface area contributed by atoms with Crippen LogP contribution in [0.1, 0.15) is 20.7 Å². The second-order valence-corrected chi connectivity index (χ2v) is 4.22. The quantitative estimate of drug-likeness (QED) is 0.872. The fourth-order valence-corrected chi connectivity index (χ4v) is 2.11. The van der Waals surface area contributed by atoms with Crippen LogP contribution < -0.4 is 4.74 Å². The molecule has 0 fully saturated rings. The smallest absolute Gasteiger partial charge is 0.339 e. The van der Waals surface area contributed by atoms with Gasteiger partial charge in [-0.2, -0.15) is 0 Å². The molecule has 0 spiro atoms. The molecule has 0 aliphatic rings. The molecule has 2 aromatic carbocycles. The predicted octanol–water partition coefficient (Wildman–Crippen LogP) is 2.13. The van der Waals surface area contributed by atoms with Gasteiger partial charge in [-0.05, 0) is 23.6 Å². The standard InChI is InChI=1S/C15H14O6/c1-19-12-7-10-8(6-11(12)16)4-5-9(14(17)20-2)13(10)15(18)21-3/h4-7,16H,1-3H3. The Morgan fingerprint density at radius 1 is 1.00 bits per heavy atom. The van der Waals surface area contributed by atoms with E-state index in [2.05, 4.69) is 4.74 Å². The van der Waals surface area contributed by atoms with Crippen LogP contribution >= 0.6 is 0 Å². The van der Waals surface area contributed by atoms with Gasteiger partial charge in [-0.15, -0.1) is 0 Å². The minimum absolute atomic E-state index is 0.0633. The van der Waals surface area contributed by atoms with E-state index in [4.69, 9.17) is 9.47 Å². The van der Waals surface area contributed by atoms with Crippen LogP contribution in [0.3, 0.4) is 0 Å². The highest BCUT2D eigenvalue weighted by Crippen LogP contribution is 2.34. The number of fused-ring (bicyclic) bond motifs is 1. The molecule has 0 aromatic heterocycles. The Balaban J connectivity index is 2.86. The Hall–Kier alpha value is -2.76. The fourth-order valence-electron chi connectivity index (χ4n) is 2.11. The first-order chi connectivity index (χ1) is 10.0.